The van der Waals surface area contributed by atoms with E-state index >= 15 is 0 Å². The average Bonchev–Trinajstić information content (AvgIpc) is 2.32. The largest absolute Gasteiger partial charge is 0.311 e. The van der Waals surface area contributed by atoms with Crippen LogP contribution in [0.4, 0.5) is 0 Å². The number of nitrogens with one attached hydrogen (secondary N) is 1. The summed E-state index contributed by atoms with van der Waals surface area (Å²) in [5, 5.41) is 3.82. The zero-order valence-corrected chi connectivity index (χ0v) is 10.9. The number of piperidine rings is 1. The van der Waals surface area contributed by atoms with Crippen molar-refractivity contribution < 1.29 is 0 Å². The molecule has 0 aliphatic carbocycles. The Hall–Kier alpha value is 0.310. The smallest absolute Gasteiger partial charge is 0.0181 e. The molecule has 0 spiro atoms. The molecule has 2 heteroatoms. The fourth-order valence-corrected chi connectivity index (χ4v) is 4.36. The maximum absolute atomic E-state index is 3.82. The van der Waals surface area contributed by atoms with E-state index in [-0.39, 0.29) is 0 Å². The summed E-state index contributed by atoms with van der Waals surface area (Å²) in [6, 6.07) is 0. The lowest BCUT2D eigenvalue weighted by atomic mass is 9.77. The van der Waals surface area contributed by atoms with Gasteiger partial charge in [-0.25, -0.2) is 0 Å². The van der Waals surface area contributed by atoms with Crippen LogP contribution in [-0.2, 0) is 0 Å². The van der Waals surface area contributed by atoms with Crippen molar-refractivity contribution in [3.8, 4) is 0 Å². The molecular formula is C13H25NS. The van der Waals surface area contributed by atoms with Gasteiger partial charge in [-0.1, -0.05) is 13.3 Å². The minimum absolute atomic E-state index is 0.519. The Bertz CT molecular complexity index is 181. The molecule has 2 heterocycles. The van der Waals surface area contributed by atoms with Crippen LogP contribution < -0.4 is 5.32 Å². The van der Waals surface area contributed by atoms with Crippen molar-refractivity contribution in [1.82, 2.24) is 5.32 Å². The molecule has 0 aromatic carbocycles. The second-order valence-electron chi connectivity index (χ2n) is 5.28. The van der Waals surface area contributed by atoms with Crippen molar-refractivity contribution in [3.63, 3.8) is 0 Å². The van der Waals surface area contributed by atoms with Gasteiger partial charge in [-0.2, -0.15) is 11.8 Å². The van der Waals surface area contributed by atoms with Crippen molar-refractivity contribution in [1.29, 1.82) is 0 Å². The third kappa shape index (κ3) is 3.13. The van der Waals surface area contributed by atoms with Crippen molar-refractivity contribution in [2.45, 2.75) is 57.4 Å². The molecule has 0 aromatic heterocycles. The molecule has 0 aromatic rings. The van der Waals surface area contributed by atoms with Crippen LogP contribution in [0.15, 0.2) is 0 Å². The Labute approximate surface area is 98.8 Å². The molecule has 0 bridgehead atoms. The first-order valence-electron chi connectivity index (χ1n) is 6.67. The van der Waals surface area contributed by atoms with E-state index < -0.39 is 0 Å². The van der Waals surface area contributed by atoms with E-state index in [2.05, 4.69) is 24.0 Å². The fourth-order valence-electron chi connectivity index (χ4n) is 3.15. The van der Waals surface area contributed by atoms with Crippen molar-refractivity contribution in [3.05, 3.63) is 0 Å². The Kier molecular flexibility index (Phi) is 4.39. The predicted octanol–water partition coefficient (Wildman–Crippen LogP) is 3.44. The first-order valence-corrected chi connectivity index (χ1v) is 7.83. The molecule has 2 saturated heterocycles. The lowest BCUT2D eigenvalue weighted by Crippen LogP contribution is -2.49. The average molecular weight is 227 g/mol. The summed E-state index contributed by atoms with van der Waals surface area (Å²) in [7, 11) is 0. The molecule has 1 nitrogen and oxygen atoms in total. The van der Waals surface area contributed by atoms with Crippen LogP contribution in [0.5, 0.6) is 0 Å². The predicted molar refractivity (Wildman–Crippen MR) is 69.5 cm³/mol. The number of thioether (sulfide) groups is 1. The van der Waals surface area contributed by atoms with Gasteiger partial charge in [-0.05, 0) is 62.5 Å². The lowest BCUT2D eigenvalue weighted by Gasteiger charge is -2.41. The summed E-state index contributed by atoms with van der Waals surface area (Å²) in [6.45, 7) is 3.63. The van der Waals surface area contributed by atoms with E-state index in [1.165, 1.54) is 63.0 Å². The van der Waals surface area contributed by atoms with Crippen molar-refractivity contribution >= 4 is 11.8 Å². The van der Waals surface area contributed by atoms with Crippen LogP contribution >= 0.6 is 11.8 Å². The van der Waals surface area contributed by atoms with Gasteiger partial charge < -0.3 is 5.32 Å². The molecule has 0 saturated carbocycles. The van der Waals surface area contributed by atoms with E-state index in [0.717, 1.165) is 5.92 Å². The SMILES string of the molecule is CCC1(CC2CCSCC2)CCCCN1. The summed E-state index contributed by atoms with van der Waals surface area (Å²) in [6.07, 6.45) is 9.97. The topological polar surface area (TPSA) is 12.0 Å². The summed E-state index contributed by atoms with van der Waals surface area (Å²) in [5.74, 6) is 3.83. The van der Waals surface area contributed by atoms with E-state index in [4.69, 9.17) is 0 Å². The molecule has 2 aliphatic rings. The quantitative estimate of drug-likeness (QED) is 0.792. The number of rotatable bonds is 3. The Morgan fingerprint density at radius 3 is 2.67 bits per heavy atom. The van der Waals surface area contributed by atoms with Crippen LogP contribution in [0.2, 0.25) is 0 Å². The van der Waals surface area contributed by atoms with Gasteiger partial charge in [0.1, 0.15) is 0 Å². The second kappa shape index (κ2) is 5.58. The van der Waals surface area contributed by atoms with Gasteiger partial charge in [-0.3, -0.25) is 0 Å². The van der Waals surface area contributed by atoms with Crippen molar-refractivity contribution in [2.24, 2.45) is 5.92 Å². The molecule has 88 valence electrons. The van der Waals surface area contributed by atoms with Crippen LogP contribution in [0.25, 0.3) is 0 Å². The van der Waals surface area contributed by atoms with E-state index in [1.807, 2.05) is 0 Å². The Morgan fingerprint density at radius 1 is 1.27 bits per heavy atom. The summed E-state index contributed by atoms with van der Waals surface area (Å²) >= 11 is 2.15. The highest BCUT2D eigenvalue weighted by molar-refractivity contribution is 7.99. The van der Waals surface area contributed by atoms with Gasteiger partial charge in [0.05, 0.1) is 0 Å². The van der Waals surface area contributed by atoms with E-state index in [0.29, 0.717) is 5.54 Å². The summed E-state index contributed by atoms with van der Waals surface area (Å²) in [4.78, 5) is 0. The first kappa shape index (κ1) is 11.8. The number of hydrogen-bond donors (Lipinski definition) is 1. The standard InChI is InChI=1S/C13H25NS/c1-2-13(7-3-4-8-14-13)11-12-5-9-15-10-6-12/h12,14H,2-11H2,1H3. The Morgan fingerprint density at radius 2 is 2.07 bits per heavy atom. The van der Waals surface area contributed by atoms with Gasteiger partial charge in [0.2, 0.25) is 0 Å². The minimum atomic E-state index is 0.519. The van der Waals surface area contributed by atoms with Gasteiger partial charge in [0.15, 0.2) is 0 Å². The van der Waals surface area contributed by atoms with Gasteiger partial charge in [-0.15, -0.1) is 0 Å². The molecular weight excluding hydrogens is 202 g/mol. The van der Waals surface area contributed by atoms with Crippen molar-refractivity contribution in [2.75, 3.05) is 18.1 Å². The van der Waals surface area contributed by atoms with Gasteiger partial charge in [0.25, 0.3) is 0 Å². The molecule has 15 heavy (non-hydrogen) atoms. The molecule has 2 rings (SSSR count). The van der Waals surface area contributed by atoms with E-state index in [1.54, 1.807) is 0 Å². The normalized spacial score (nSPS) is 34.2. The van der Waals surface area contributed by atoms with E-state index in [9.17, 15) is 0 Å². The maximum atomic E-state index is 3.82. The first-order chi connectivity index (χ1) is 7.35. The monoisotopic (exact) mass is 227 g/mol. The minimum Gasteiger partial charge on any atom is -0.311 e. The highest BCUT2D eigenvalue weighted by atomic mass is 32.2. The van der Waals surface area contributed by atoms with Gasteiger partial charge >= 0.3 is 0 Å². The molecule has 1 N–H and O–H groups in total. The fraction of sp³-hybridized carbons (Fsp3) is 1.00. The highest BCUT2D eigenvalue weighted by Crippen LogP contribution is 2.35. The second-order valence-corrected chi connectivity index (χ2v) is 6.50. The summed E-state index contributed by atoms with van der Waals surface area (Å²) < 4.78 is 0. The van der Waals surface area contributed by atoms with Crippen LogP contribution in [0, 0.1) is 5.92 Å². The number of hydrogen-bond acceptors (Lipinski definition) is 2. The zero-order valence-electron chi connectivity index (χ0n) is 10.1. The van der Waals surface area contributed by atoms with Crippen LogP contribution in [0.3, 0.4) is 0 Å². The molecule has 0 amide bonds. The van der Waals surface area contributed by atoms with Crippen LogP contribution in [0.1, 0.15) is 51.9 Å². The molecule has 1 atom stereocenters. The van der Waals surface area contributed by atoms with Crippen LogP contribution in [-0.4, -0.2) is 23.6 Å². The zero-order chi connectivity index (χ0) is 10.6. The molecule has 0 radical (unpaired) electrons. The highest BCUT2D eigenvalue weighted by Gasteiger charge is 2.32. The Balaban J connectivity index is 1.87. The third-order valence-electron chi connectivity index (χ3n) is 4.28. The summed E-state index contributed by atoms with van der Waals surface area (Å²) in [5.41, 5.74) is 0.519. The molecule has 1 unspecified atom stereocenters. The maximum Gasteiger partial charge on any atom is 0.0181 e. The third-order valence-corrected chi connectivity index (χ3v) is 5.33. The molecule has 2 fully saturated rings. The lowest BCUT2D eigenvalue weighted by molar-refractivity contribution is 0.189. The van der Waals surface area contributed by atoms with Gasteiger partial charge in [0, 0.05) is 5.54 Å². The molecule has 2 aliphatic heterocycles.